The lowest BCUT2D eigenvalue weighted by atomic mass is 10.1. The fourth-order valence-corrected chi connectivity index (χ4v) is 1.63. The number of alkyl halides is 3. The Morgan fingerprint density at radius 1 is 1.19 bits per heavy atom. The zero-order valence-electron chi connectivity index (χ0n) is 11.2. The van der Waals surface area contributed by atoms with Crippen molar-refractivity contribution < 1.29 is 22.5 Å². The lowest BCUT2D eigenvalue weighted by Gasteiger charge is -2.13. The Kier molecular flexibility index (Phi) is 3.88. The summed E-state index contributed by atoms with van der Waals surface area (Å²) in [4.78, 5) is 11.7. The van der Waals surface area contributed by atoms with E-state index in [2.05, 4.69) is 15.8 Å². The molecule has 2 rings (SSSR count). The maximum Gasteiger partial charge on any atom is 0.418 e. The van der Waals surface area contributed by atoms with E-state index in [-0.39, 0.29) is 11.6 Å². The number of benzene rings is 1. The van der Waals surface area contributed by atoms with Crippen LogP contribution in [-0.2, 0) is 6.18 Å². The summed E-state index contributed by atoms with van der Waals surface area (Å²) < 4.78 is 43.2. The molecule has 5 nitrogen and oxygen atoms in total. The summed E-state index contributed by atoms with van der Waals surface area (Å²) in [7, 11) is 0. The third-order valence-corrected chi connectivity index (χ3v) is 2.86. The predicted molar refractivity (Wildman–Crippen MR) is 70.1 cm³/mol. The number of carbonyl (C=O) groups is 1. The normalized spacial score (nSPS) is 11.3. The van der Waals surface area contributed by atoms with Crippen molar-refractivity contribution in [1.29, 1.82) is 0 Å². The van der Waals surface area contributed by atoms with Gasteiger partial charge in [-0.05, 0) is 26.0 Å². The molecule has 2 N–H and O–H groups in total. The monoisotopic (exact) mass is 299 g/mol. The molecular weight excluding hydrogens is 287 g/mol. The zero-order valence-corrected chi connectivity index (χ0v) is 11.2. The highest BCUT2D eigenvalue weighted by Gasteiger charge is 2.33. The van der Waals surface area contributed by atoms with E-state index in [4.69, 9.17) is 4.52 Å². The largest absolute Gasteiger partial charge is 0.418 e. The number of carbonyl (C=O) groups excluding carboxylic acids is 1. The number of urea groups is 1. The van der Waals surface area contributed by atoms with Gasteiger partial charge in [0.15, 0.2) is 0 Å². The van der Waals surface area contributed by atoms with Crippen molar-refractivity contribution in [3.63, 3.8) is 0 Å². The maximum absolute atomic E-state index is 12.8. The molecule has 112 valence electrons. The highest BCUT2D eigenvalue weighted by molar-refractivity contribution is 5.99. The van der Waals surface area contributed by atoms with Crippen LogP contribution in [0.5, 0.6) is 0 Å². The second-order valence-corrected chi connectivity index (χ2v) is 4.34. The van der Waals surface area contributed by atoms with Crippen LogP contribution < -0.4 is 10.6 Å². The summed E-state index contributed by atoms with van der Waals surface area (Å²) in [6.45, 7) is 3.35. The molecule has 0 bridgehead atoms. The van der Waals surface area contributed by atoms with Crippen molar-refractivity contribution in [2.24, 2.45) is 0 Å². The molecule has 1 heterocycles. The second-order valence-electron chi connectivity index (χ2n) is 4.34. The van der Waals surface area contributed by atoms with E-state index in [0.717, 1.165) is 6.07 Å². The fourth-order valence-electron chi connectivity index (χ4n) is 1.63. The number of hydrogen-bond donors (Lipinski definition) is 2. The molecule has 0 spiro atoms. The average molecular weight is 299 g/mol. The van der Waals surface area contributed by atoms with Gasteiger partial charge in [0.2, 0.25) is 5.88 Å². The number of nitrogens with one attached hydrogen (secondary N) is 2. The SMILES string of the molecule is Cc1noc(NC(=O)Nc2ccccc2C(F)(F)F)c1C. The maximum atomic E-state index is 12.8. The number of aromatic nitrogens is 1. The van der Waals surface area contributed by atoms with E-state index in [0.29, 0.717) is 11.3 Å². The Hall–Kier alpha value is -2.51. The predicted octanol–water partition coefficient (Wildman–Crippen LogP) is 3.95. The number of rotatable bonds is 2. The van der Waals surface area contributed by atoms with Crippen LogP contribution in [0.1, 0.15) is 16.8 Å². The molecule has 0 aliphatic rings. The first-order valence-electron chi connectivity index (χ1n) is 5.96. The number of aryl methyl sites for hydroxylation is 1. The van der Waals surface area contributed by atoms with Gasteiger partial charge in [-0.2, -0.15) is 13.2 Å². The van der Waals surface area contributed by atoms with Crippen LogP contribution in [0.3, 0.4) is 0 Å². The minimum Gasteiger partial charge on any atom is -0.338 e. The second kappa shape index (κ2) is 5.47. The molecule has 8 heteroatoms. The highest BCUT2D eigenvalue weighted by Crippen LogP contribution is 2.34. The minimum absolute atomic E-state index is 0.0921. The van der Waals surface area contributed by atoms with Gasteiger partial charge in [0, 0.05) is 5.56 Å². The topological polar surface area (TPSA) is 67.2 Å². The molecule has 0 saturated carbocycles. The number of anilines is 2. The number of halogens is 3. The number of hydrogen-bond acceptors (Lipinski definition) is 3. The Balaban J connectivity index is 2.16. The Labute approximate surface area is 118 Å². The van der Waals surface area contributed by atoms with E-state index >= 15 is 0 Å². The standard InChI is InChI=1S/C13H12F3N3O2/c1-7-8(2)19-21-11(7)18-12(20)17-10-6-4-3-5-9(10)13(14,15)16/h3-6H,1-2H3,(H2,17,18,20). The van der Waals surface area contributed by atoms with Crippen molar-refractivity contribution in [3.8, 4) is 0 Å². The van der Waals surface area contributed by atoms with Gasteiger partial charge >= 0.3 is 12.2 Å². The van der Waals surface area contributed by atoms with Crippen LogP contribution >= 0.6 is 0 Å². The van der Waals surface area contributed by atoms with Crippen molar-refractivity contribution in [2.45, 2.75) is 20.0 Å². The molecule has 1 aromatic carbocycles. The summed E-state index contributed by atoms with van der Waals surface area (Å²) in [5, 5.41) is 8.09. The van der Waals surface area contributed by atoms with E-state index < -0.39 is 17.8 Å². The first-order chi connectivity index (χ1) is 9.79. The first kappa shape index (κ1) is 14.9. The van der Waals surface area contributed by atoms with Gasteiger partial charge in [-0.1, -0.05) is 17.3 Å². The van der Waals surface area contributed by atoms with Gasteiger partial charge in [0.25, 0.3) is 0 Å². The Morgan fingerprint density at radius 2 is 1.86 bits per heavy atom. The molecule has 0 aliphatic carbocycles. The molecule has 21 heavy (non-hydrogen) atoms. The Bertz CT molecular complexity index is 665. The molecule has 2 aromatic rings. The molecule has 2 amide bonds. The van der Waals surface area contributed by atoms with Gasteiger partial charge in [0.1, 0.15) is 0 Å². The summed E-state index contributed by atoms with van der Waals surface area (Å²) in [6.07, 6.45) is -4.55. The van der Waals surface area contributed by atoms with Crippen LogP contribution in [0, 0.1) is 13.8 Å². The summed E-state index contributed by atoms with van der Waals surface area (Å²) in [5.74, 6) is 0.0921. The molecular formula is C13H12F3N3O2. The smallest absolute Gasteiger partial charge is 0.338 e. The van der Waals surface area contributed by atoms with Crippen molar-refractivity contribution in [3.05, 3.63) is 41.1 Å². The number of para-hydroxylation sites is 1. The van der Waals surface area contributed by atoms with Gasteiger partial charge in [-0.3, -0.25) is 5.32 Å². The Morgan fingerprint density at radius 3 is 2.43 bits per heavy atom. The fraction of sp³-hybridized carbons (Fsp3) is 0.231. The van der Waals surface area contributed by atoms with Crippen LogP contribution in [-0.4, -0.2) is 11.2 Å². The summed E-state index contributed by atoms with van der Waals surface area (Å²) >= 11 is 0. The highest BCUT2D eigenvalue weighted by atomic mass is 19.4. The third-order valence-electron chi connectivity index (χ3n) is 2.86. The lowest BCUT2D eigenvalue weighted by molar-refractivity contribution is -0.136. The summed E-state index contributed by atoms with van der Waals surface area (Å²) in [5.41, 5.74) is -0.0720. The average Bonchev–Trinajstić information content (AvgIpc) is 2.70. The molecule has 1 aromatic heterocycles. The number of amides is 2. The quantitative estimate of drug-likeness (QED) is 0.882. The number of nitrogens with zero attached hydrogens (tertiary/aromatic N) is 1. The van der Waals surface area contributed by atoms with Crippen molar-refractivity contribution >= 4 is 17.6 Å². The van der Waals surface area contributed by atoms with Gasteiger partial charge in [-0.25, -0.2) is 4.79 Å². The minimum atomic E-state index is -4.55. The molecule has 0 atom stereocenters. The van der Waals surface area contributed by atoms with Crippen LogP contribution in [0.4, 0.5) is 29.5 Å². The van der Waals surface area contributed by atoms with Crippen LogP contribution in [0.2, 0.25) is 0 Å². The molecule has 0 radical (unpaired) electrons. The van der Waals surface area contributed by atoms with Gasteiger partial charge < -0.3 is 9.84 Å². The summed E-state index contributed by atoms with van der Waals surface area (Å²) in [6, 6.07) is 3.86. The van der Waals surface area contributed by atoms with Gasteiger partial charge in [-0.15, -0.1) is 0 Å². The molecule has 0 unspecified atom stereocenters. The van der Waals surface area contributed by atoms with E-state index in [1.807, 2.05) is 0 Å². The van der Waals surface area contributed by atoms with Gasteiger partial charge in [0.05, 0.1) is 16.9 Å². The van der Waals surface area contributed by atoms with Crippen LogP contribution in [0.25, 0.3) is 0 Å². The van der Waals surface area contributed by atoms with Crippen molar-refractivity contribution in [2.75, 3.05) is 10.6 Å². The molecule has 0 fully saturated rings. The van der Waals surface area contributed by atoms with Crippen LogP contribution in [0.15, 0.2) is 28.8 Å². The molecule has 0 saturated heterocycles. The van der Waals surface area contributed by atoms with E-state index in [9.17, 15) is 18.0 Å². The molecule has 0 aliphatic heterocycles. The third kappa shape index (κ3) is 3.33. The van der Waals surface area contributed by atoms with E-state index in [1.54, 1.807) is 13.8 Å². The van der Waals surface area contributed by atoms with Crippen molar-refractivity contribution in [1.82, 2.24) is 5.16 Å². The lowest BCUT2D eigenvalue weighted by Crippen LogP contribution is -2.22. The first-order valence-corrected chi connectivity index (χ1v) is 5.96. The zero-order chi connectivity index (χ0) is 15.6. The van der Waals surface area contributed by atoms with E-state index in [1.165, 1.54) is 18.2 Å².